The van der Waals surface area contributed by atoms with E-state index in [0.717, 1.165) is 26.2 Å². The molecule has 1 aromatic rings. The number of likely N-dealkylation sites (N-methyl/N-ethyl adjacent to an activating group) is 2. The van der Waals surface area contributed by atoms with E-state index in [1.54, 1.807) is 6.07 Å². The summed E-state index contributed by atoms with van der Waals surface area (Å²) in [6.45, 7) is 3.72. The van der Waals surface area contributed by atoms with E-state index in [2.05, 4.69) is 17.3 Å². The van der Waals surface area contributed by atoms with Crippen LogP contribution >= 0.6 is 0 Å². The largest absolute Gasteiger partial charge is 0.373 e. The summed E-state index contributed by atoms with van der Waals surface area (Å²) in [7, 11) is 3.99. The van der Waals surface area contributed by atoms with Gasteiger partial charge in [0.1, 0.15) is 0 Å². The van der Waals surface area contributed by atoms with Crippen LogP contribution in [-0.2, 0) is 0 Å². The van der Waals surface area contributed by atoms with Crippen LogP contribution in [0, 0.1) is 11.6 Å². The second-order valence-corrected chi connectivity index (χ2v) is 4.82. The molecule has 0 bridgehead atoms. The molecule has 100 valence electrons. The van der Waals surface area contributed by atoms with Gasteiger partial charge < -0.3 is 10.2 Å². The third-order valence-corrected chi connectivity index (χ3v) is 3.47. The molecule has 0 spiro atoms. The van der Waals surface area contributed by atoms with Gasteiger partial charge >= 0.3 is 0 Å². The topological polar surface area (TPSA) is 18.5 Å². The monoisotopic (exact) mass is 255 g/mol. The first kappa shape index (κ1) is 13.2. The van der Waals surface area contributed by atoms with Gasteiger partial charge in [-0.05, 0) is 19.2 Å². The number of piperazine rings is 1. The minimum atomic E-state index is -0.802. The number of benzene rings is 1. The van der Waals surface area contributed by atoms with Crippen molar-refractivity contribution >= 4 is 5.69 Å². The summed E-state index contributed by atoms with van der Waals surface area (Å²) >= 11 is 0. The Hall–Kier alpha value is -1.20. The van der Waals surface area contributed by atoms with Gasteiger partial charge in [-0.2, -0.15) is 0 Å². The van der Waals surface area contributed by atoms with E-state index >= 15 is 0 Å². The van der Waals surface area contributed by atoms with Gasteiger partial charge in [-0.3, -0.25) is 4.90 Å². The molecule has 1 atom stereocenters. The molecule has 18 heavy (non-hydrogen) atoms. The maximum atomic E-state index is 13.2. The Kier molecular flexibility index (Phi) is 4.14. The van der Waals surface area contributed by atoms with Crippen LogP contribution in [0.25, 0.3) is 0 Å². The molecule has 1 aliphatic rings. The van der Waals surface area contributed by atoms with Gasteiger partial charge in [-0.1, -0.05) is 0 Å². The molecule has 3 nitrogen and oxygen atoms in total. The number of nitrogens with one attached hydrogen (secondary N) is 1. The predicted molar refractivity (Wildman–Crippen MR) is 68.9 cm³/mol. The third-order valence-electron chi connectivity index (χ3n) is 3.47. The molecular weight excluding hydrogens is 236 g/mol. The van der Waals surface area contributed by atoms with E-state index in [0.29, 0.717) is 11.7 Å². The molecule has 1 unspecified atom stereocenters. The first-order chi connectivity index (χ1) is 8.58. The van der Waals surface area contributed by atoms with E-state index < -0.39 is 11.6 Å². The molecule has 0 amide bonds. The Balaban J connectivity index is 2.02. The number of anilines is 1. The lowest BCUT2D eigenvalue weighted by atomic mass is 10.2. The summed E-state index contributed by atoms with van der Waals surface area (Å²) in [5.41, 5.74) is 0.702. The lowest BCUT2D eigenvalue weighted by Gasteiger charge is -2.36. The molecule has 1 saturated heterocycles. The van der Waals surface area contributed by atoms with Gasteiger partial charge in [0, 0.05) is 51.0 Å². The lowest BCUT2D eigenvalue weighted by Crippen LogP contribution is -2.53. The first-order valence-electron chi connectivity index (χ1n) is 6.15. The average Bonchev–Trinajstić information content (AvgIpc) is 2.35. The minimum absolute atomic E-state index is 0.386. The van der Waals surface area contributed by atoms with E-state index in [1.807, 2.05) is 11.9 Å². The van der Waals surface area contributed by atoms with E-state index in [4.69, 9.17) is 0 Å². The fraction of sp³-hybridized carbons (Fsp3) is 0.538. The molecule has 0 saturated carbocycles. The molecule has 2 rings (SSSR count). The highest BCUT2D eigenvalue weighted by Gasteiger charge is 2.20. The van der Waals surface area contributed by atoms with Crippen LogP contribution in [0.3, 0.4) is 0 Å². The second kappa shape index (κ2) is 5.63. The summed E-state index contributed by atoms with van der Waals surface area (Å²) in [6, 6.07) is 4.40. The van der Waals surface area contributed by atoms with Crippen LogP contribution in [0.5, 0.6) is 0 Å². The van der Waals surface area contributed by atoms with Crippen molar-refractivity contribution < 1.29 is 8.78 Å². The number of hydrogen-bond donors (Lipinski definition) is 1. The van der Waals surface area contributed by atoms with Gasteiger partial charge in [-0.25, -0.2) is 8.78 Å². The van der Waals surface area contributed by atoms with Crippen LogP contribution in [0.15, 0.2) is 18.2 Å². The fourth-order valence-electron chi connectivity index (χ4n) is 2.21. The summed E-state index contributed by atoms with van der Waals surface area (Å²) in [5.74, 6) is -1.60. The number of nitrogens with zero attached hydrogens (tertiary/aromatic N) is 2. The summed E-state index contributed by atoms with van der Waals surface area (Å²) < 4.78 is 26.0. The van der Waals surface area contributed by atoms with Crippen molar-refractivity contribution in [2.75, 3.05) is 45.2 Å². The van der Waals surface area contributed by atoms with Gasteiger partial charge in [0.15, 0.2) is 11.6 Å². The van der Waals surface area contributed by atoms with Crippen LogP contribution in [0.4, 0.5) is 14.5 Å². The van der Waals surface area contributed by atoms with Crippen molar-refractivity contribution in [2.24, 2.45) is 0 Å². The highest BCUT2D eigenvalue weighted by Crippen LogP contribution is 2.17. The maximum Gasteiger partial charge on any atom is 0.160 e. The van der Waals surface area contributed by atoms with Crippen LogP contribution in [-0.4, -0.2) is 51.2 Å². The zero-order valence-corrected chi connectivity index (χ0v) is 10.8. The number of rotatable bonds is 3. The zero-order chi connectivity index (χ0) is 13.1. The Bertz CT molecular complexity index is 411. The highest BCUT2D eigenvalue weighted by atomic mass is 19.2. The van der Waals surface area contributed by atoms with Gasteiger partial charge in [0.2, 0.25) is 0 Å². The third kappa shape index (κ3) is 2.97. The highest BCUT2D eigenvalue weighted by molar-refractivity contribution is 5.46. The van der Waals surface area contributed by atoms with Crippen LogP contribution < -0.4 is 10.2 Å². The van der Waals surface area contributed by atoms with Crippen LogP contribution in [0.2, 0.25) is 0 Å². The van der Waals surface area contributed by atoms with Crippen molar-refractivity contribution in [2.45, 2.75) is 6.04 Å². The molecule has 1 heterocycles. The lowest BCUT2D eigenvalue weighted by molar-refractivity contribution is 0.204. The maximum absolute atomic E-state index is 13.2. The summed E-state index contributed by atoms with van der Waals surface area (Å²) in [6.07, 6.45) is 0. The zero-order valence-electron chi connectivity index (χ0n) is 10.8. The SMILES string of the molecule is CN(CC1CNCCN1C)c1ccc(F)c(F)c1. The molecule has 0 aliphatic carbocycles. The van der Waals surface area contributed by atoms with Crippen molar-refractivity contribution in [1.29, 1.82) is 0 Å². The fourth-order valence-corrected chi connectivity index (χ4v) is 2.21. The number of hydrogen-bond acceptors (Lipinski definition) is 3. The molecule has 1 fully saturated rings. The Morgan fingerprint density at radius 1 is 1.39 bits per heavy atom. The number of halogens is 2. The average molecular weight is 255 g/mol. The van der Waals surface area contributed by atoms with E-state index in [-0.39, 0.29) is 0 Å². The molecule has 0 aromatic heterocycles. The van der Waals surface area contributed by atoms with E-state index in [1.165, 1.54) is 12.1 Å². The minimum Gasteiger partial charge on any atom is -0.373 e. The quantitative estimate of drug-likeness (QED) is 0.878. The predicted octanol–water partition coefficient (Wildman–Crippen LogP) is 1.30. The molecule has 1 aliphatic heterocycles. The van der Waals surface area contributed by atoms with Gasteiger partial charge in [0.25, 0.3) is 0 Å². The van der Waals surface area contributed by atoms with Crippen molar-refractivity contribution in [1.82, 2.24) is 10.2 Å². The molecule has 5 heteroatoms. The Labute approximate surface area is 106 Å². The summed E-state index contributed by atoms with van der Waals surface area (Å²) in [4.78, 5) is 4.24. The van der Waals surface area contributed by atoms with Gasteiger partial charge in [-0.15, -0.1) is 0 Å². The van der Waals surface area contributed by atoms with E-state index in [9.17, 15) is 8.78 Å². The van der Waals surface area contributed by atoms with Crippen molar-refractivity contribution in [3.05, 3.63) is 29.8 Å². The molecule has 1 aromatic carbocycles. The molecule has 1 N–H and O–H groups in total. The second-order valence-electron chi connectivity index (χ2n) is 4.82. The Morgan fingerprint density at radius 3 is 2.83 bits per heavy atom. The van der Waals surface area contributed by atoms with Crippen molar-refractivity contribution in [3.8, 4) is 0 Å². The Morgan fingerprint density at radius 2 is 2.17 bits per heavy atom. The van der Waals surface area contributed by atoms with Crippen molar-refractivity contribution in [3.63, 3.8) is 0 Å². The van der Waals surface area contributed by atoms with Gasteiger partial charge in [0.05, 0.1) is 0 Å². The van der Waals surface area contributed by atoms with Crippen LogP contribution in [0.1, 0.15) is 0 Å². The summed E-state index contributed by atoms with van der Waals surface area (Å²) in [5, 5.41) is 3.34. The standard InChI is InChI=1S/C13H19F2N3/c1-17-6-5-16-8-11(17)9-18(2)10-3-4-12(14)13(15)7-10/h3-4,7,11,16H,5-6,8-9H2,1-2H3. The normalized spacial score (nSPS) is 21.0. The molecule has 0 radical (unpaired) electrons. The smallest absolute Gasteiger partial charge is 0.160 e. The molecular formula is C13H19F2N3. The first-order valence-corrected chi connectivity index (χ1v) is 6.15.